The van der Waals surface area contributed by atoms with E-state index >= 15 is 0 Å². The molecule has 0 aromatic rings. The van der Waals surface area contributed by atoms with E-state index in [1.165, 1.54) is 5.59 Å². The van der Waals surface area contributed by atoms with Crippen molar-refractivity contribution in [2.45, 2.75) is 0 Å². The predicted octanol–water partition coefficient (Wildman–Crippen LogP) is -0.798. The van der Waals surface area contributed by atoms with Gasteiger partial charge in [-0.1, -0.05) is 6.58 Å². The molecule has 9 heavy (non-hydrogen) atoms. The summed E-state index contributed by atoms with van der Waals surface area (Å²) in [6.45, 7) is 3.19. The van der Waals surface area contributed by atoms with E-state index in [0.717, 1.165) is 6.21 Å². The molecular weight excluding hydrogens is 122 g/mol. The van der Waals surface area contributed by atoms with Crippen LogP contribution in [0.3, 0.4) is 0 Å². The van der Waals surface area contributed by atoms with Crippen molar-refractivity contribution in [3.63, 3.8) is 0 Å². The van der Waals surface area contributed by atoms with Crippen molar-refractivity contribution in [3.8, 4) is 0 Å². The van der Waals surface area contributed by atoms with E-state index in [0.29, 0.717) is 0 Å². The third-order valence-electron chi connectivity index (χ3n) is 0.635. The Morgan fingerprint density at radius 2 is 2.33 bits per heavy atom. The van der Waals surface area contributed by atoms with Crippen molar-refractivity contribution in [1.29, 1.82) is 5.41 Å². The molecule has 50 valence electrons. The van der Waals surface area contributed by atoms with Crippen LogP contribution < -0.4 is 11.0 Å². The fraction of sp³-hybridized carbons (Fsp3) is 0. The molecule has 0 radical (unpaired) electrons. The third-order valence-corrected chi connectivity index (χ3v) is 0.635. The van der Waals surface area contributed by atoms with Gasteiger partial charge in [-0.05, 0) is 0 Å². The molecule has 1 amide bonds. The lowest BCUT2D eigenvalue weighted by Crippen LogP contribution is -2.35. The number of hydrogen-bond donors (Lipinski definition) is 4. The van der Waals surface area contributed by atoms with E-state index in [4.69, 9.17) is 10.6 Å². The molecule has 0 heterocycles. The number of nitrogens with one attached hydrogen (secondary N) is 3. The molecule has 5 nitrogen and oxygen atoms in total. The number of carbonyl (C=O) groups is 1. The van der Waals surface area contributed by atoms with E-state index in [2.05, 4.69) is 6.58 Å². The zero-order valence-electron chi connectivity index (χ0n) is 4.64. The zero-order valence-corrected chi connectivity index (χ0v) is 4.64. The van der Waals surface area contributed by atoms with Crippen LogP contribution >= 0.6 is 0 Å². The zero-order chi connectivity index (χ0) is 7.28. The molecule has 0 bridgehead atoms. The molecule has 0 aliphatic carbocycles. The standard InChI is InChI=1S/C4H7N3O2/c1-3(2-5)4(8)6-7-9/h2,5,7,9H,1H2,(H,6,8). The molecule has 0 aromatic carbocycles. The van der Waals surface area contributed by atoms with Crippen LogP contribution in [0.5, 0.6) is 0 Å². The van der Waals surface area contributed by atoms with Crippen molar-refractivity contribution >= 4 is 12.1 Å². The van der Waals surface area contributed by atoms with Crippen LogP contribution in [-0.2, 0) is 4.79 Å². The van der Waals surface area contributed by atoms with E-state index in [-0.39, 0.29) is 5.57 Å². The van der Waals surface area contributed by atoms with E-state index in [1.807, 2.05) is 5.43 Å². The second-order valence-corrected chi connectivity index (χ2v) is 1.24. The average molecular weight is 129 g/mol. The molecule has 0 spiro atoms. The Balaban J connectivity index is 3.73. The first kappa shape index (κ1) is 7.80. The lowest BCUT2D eigenvalue weighted by Gasteiger charge is -1.97. The summed E-state index contributed by atoms with van der Waals surface area (Å²) in [6.07, 6.45) is 0.784. The summed E-state index contributed by atoms with van der Waals surface area (Å²) in [5.74, 6) is -0.632. The fourth-order valence-electron chi connectivity index (χ4n) is 0.197. The lowest BCUT2D eigenvalue weighted by atomic mass is 10.3. The molecule has 0 fully saturated rings. The Morgan fingerprint density at radius 1 is 1.78 bits per heavy atom. The van der Waals surface area contributed by atoms with E-state index in [1.54, 1.807) is 0 Å². The quantitative estimate of drug-likeness (QED) is 0.229. The van der Waals surface area contributed by atoms with Gasteiger partial charge in [0.05, 0.1) is 5.57 Å². The third kappa shape index (κ3) is 2.58. The highest BCUT2D eigenvalue weighted by molar-refractivity contribution is 6.10. The smallest absolute Gasteiger partial charge is 0.268 e. The van der Waals surface area contributed by atoms with Crippen LogP contribution in [0.1, 0.15) is 0 Å². The second kappa shape index (κ2) is 3.76. The molecule has 0 aromatic heterocycles. The average Bonchev–Trinajstić information content (AvgIpc) is 1.87. The fourth-order valence-corrected chi connectivity index (χ4v) is 0.197. The van der Waals surface area contributed by atoms with Crippen LogP contribution in [0.4, 0.5) is 0 Å². The van der Waals surface area contributed by atoms with Crippen molar-refractivity contribution in [3.05, 3.63) is 12.2 Å². The van der Waals surface area contributed by atoms with E-state index in [9.17, 15) is 4.79 Å². The molecule has 0 rings (SSSR count). The number of hydrazine groups is 1. The Kier molecular flexibility index (Phi) is 3.26. The maximum absolute atomic E-state index is 10.4. The van der Waals surface area contributed by atoms with Crippen molar-refractivity contribution in [1.82, 2.24) is 11.0 Å². The lowest BCUT2D eigenvalue weighted by molar-refractivity contribution is -0.120. The van der Waals surface area contributed by atoms with Crippen LogP contribution in [-0.4, -0.2) is 17.3 Å². The maximum Gasteiger partial charge on any atom is 0.268 e. The molecule has 0 aliphatic rings. The topological polar surface area (TPSA) is 85.2 Å². The highest BCUT2D eigenvalue weighted by atomic mass is 16.5. The first-order valence-corrected chi connectivity index (χ1v) is 2.11. The number of amides is 1. The minimum absolute atomic E-state index is 0.0310. The predicted molar refractivity (Wildman–Crippen MR) is 31.0 cm³/mol. The summed E-state index contributed by atoms with van der Waals surface area (Å²) in [7, 11) is 0. The van der Waals surface area contributed by atoms with Gasteiger partial charge < -0.3 is 5.41 Å². The van der Waals surface area contributed by atoms with Gasteiger partial charge in [-0.2, -0.15) is 0 Å². The molecule has 4 N–H and O–H groups in total. The summed E-state index contributed by atoms with van der Waals surface area (Å²) in [6, 6.07) is 0. The minimum atomic E-state index is -0.632. The van der Waals surface area contributed by atoms with Gasteiger partial charge in [0.15, 0.2) is 0 Å². The summed E-state index contributed by atoms with van der Waals surface area (Å²) < 4.78 is 0. The SMILES string of the molecule is C=C(C=N)C(=O)NNO. The normalized spacial score (nSPS) is 8.11. The van der Waals surface area contributed by atoms with Crippen LogP contribution in [0.25, 0.3) is 0 Å². The van der Waals surface area contributed by atoms with Crippen molar-refractivity contribution in [2.75, 3.05) is 0 Å². The van der Waals surface area contributed by atoms with E-state index < -0.39 is 5.91 Å². The summed E-state index contributed by atoms with van der Waals surface area (Å²) >= 11 is 0. The highest BCUT2D eigenvalue weighted by Crippen LogP contribution is 1.79. The summed E-state index contributed by atoms with van der Waals surface area (Å²) in [5, 5.41) is 14.4. The van der Waals surface area contributed by atoms with Gasteiger partial charge in [0.25, 0.3) is 5.91 Å². The number of carbonyl (C=O) groups excluding carboxylic acids is 1. The van der Waals surface area contributed by atoms with Gasteiger partial charge in [-0.25, -0.2) is 0 Å². The molecule has 0 unspecified atom stereocenters. The maximum atomic E-state index is 10.4. The molecule has 0 saturated carbocycles. The summed E-state index contributed by atoms with van der Waals surface area (Å²) in [5.41, 5.74) is 3.20. The van der Waals surface area contributed by atoms with Gasteiger partial charge in [0, 0.05) is 6.21 Å². The highest BCUT2D eigenvalue weighted by Gasteiger charge is 1.99. The second-order valence-electron chi connectivity index (χ2n) is 1.24. The molecule has 0 atom stereocenters. The molecule has 0 aliphatic heterocycles. The first-order chi connectivity index (χ1) is 4.22. The molecular formula is C4H7N3O2. The Bertz CT molecular complexity index is 143. The summed E-state index contributed by atoms with van der Waals surface area (Å²) in [4.78, 5) is 10.4. The van der Waals surface area contributed by atoms with Gasteiger partial charge in [-0.15, -0.1) is 5.59 Å². The van der Waals surface area contributed by atoms with Gasteiger partial charge in [0.1, 0.15) is 0 Å². The van der Waals surface area contributed by atoms with Crippen molar-refractivity contribution in [2.24, 2.45) is 0 Å². The number of hydrogen-bond acceptors (Lipinski definition) is 4. The Hall–Kier alpha value is -1.20. The molecule has 0 saturated heterocycles. The Labute approximate surface area is 51.8 Å². The van der Waals surface area contributed by atoms with Crippen molar-refractivity contribution < 1.29 is 10.0 Å². The Morgan fingerprint density at radius 3 is 2.67 bits per heavy atom. The largest absolute Gasteiger partial charge is 0.308 e. The van der Waals surface area contributed by atoms with Gasteiger partial charge in [-0.3, -0.25) is 15.4 Å². The molecule has 5 heteroatoms. The minimum Gasteiger partial charge on any atom is -0.308 e. The van der Waals surface area contributed by atoms with Crippen LogP contribution in [0.15, 0.2) is 12.2 Å². The first-order valence-electron chi connectivity index (χ1n) is 2.11. The van der Waals surface area contributed by atoms with Crippen LogP contribution in [0, 0.1) is 5.41 Å². The monoisotopic (exact) mass is 129 g/mol. The number of rotatable bonds is 3. The van der Waals surface area contributed by atoms with Gasteiger partial charge in [0.2, 0.25) is 0 Å². The van der Waals surface area contributed by atoms with Crippen LogP contribution in [0.2, 0.25) is 0 Å². The van der Waals surface area contributed by atoms with Gasteiger partial charge >= 0.3 is 0 Å².